The maximum atomic E-state index is 5.71. The average Bonchev–Trinajstić information content (AvgIpc) is 1.04. The molecule has 3 aliphatic heterocycles. The molecule has 0 aromatic heterocycles. The van der Waals surface area contributed by atoms with Gasteiger partial charge in [-0.3, -0.25) is 0 Å². The summed E-state index contributed by atoms with van der Waals surface area (Å²) in [6, 6.07) is 51.2. The van der Waals surface area contributed by atoms with Crippen LogP contribution in [-0.4, -0.2) is 106 Å². The molecule has 0 saturated carbocycles. The van der Waals surface area contributed by atoms with Crippen molar-refractivity contribution < 1.29 is 169 Å². The van der Waals surface area contributed by atoms with Gasteiger partial charge < -0.3 is 69.8 Å². The second kappa shape index (κ2) is 55.2. The Morgan fingerprint density at radius 2 is 0.368 bits per heavy atom. The fourth-order valence-corrected chi connectivity index (χ4v) is 18.3. The van der Waals surface area contributed by atoms with Gasteiger partial charge in [-0.05, 0) is 189 Å². The summed E-state index contributed by atoms with van der Waals surface area (Å²) in [6.07, 6.45) is 5.11. The van der Waals surface area contributed by atoms with Crippen LogP contribution in [-0.2, 0) is 93.4 Å². The summed E-state index contributed by atoms with van der Waals surface area (Å²) < 4.78 is 41.9. The molecule has 3 fully saturated rings. The second-order valence-electron chi connectivity index (χ2n) is 39.6. The Bertz CT molecular complexity index is 4460. The van der Waals surface area contributed by atoms with Crippen molar-refractivity contribution in [2.24, 2.45) is 0 Å². The normalized spacial score (nSPS) is 14.2. The van der Waals surface area contributed by atoms with Gasteiger partial charge in [0.1, 0.15) is 0 Å². The van der Waals surface area contributed by atoms with Crippen LogP contribution in [0, 0.1) is 211 Å². The van der Waals surface area contributed by atoms with E-state index in [2.05, 4.69) is 314 Å². The fourth-order valence-electron chi connectivity index (χ4n) is 18.3. The van der Waals surface area contributed by atoms with Crippen LogP contribution in [0.2, 0.25) is 0 Å². The molecule has 2 radical (unpaired) electrons. The molecule has 3 saturated heterocycles. The summed E-state index contributed by atoms with van der Waals surface area (Å²) in [6.45, 7) is 74.2. The first-order chi connectivity index (χ1) is 61.8. The Hall–Kier alpha value is -5.03. The number of hydrogen-bond donors (Lipinski definition) is 0. The zero-order valence-electron chi connectivity index (χ0n) is 86.1. The Kier molecular flexibility index (Phi) is 47.7. The van der Waals surface area contributed by atoms with Gasteiger partial charge in [-0.25, -0.2) is 0 Å². The monoisotopic (exact) mass is 2110 g/mol. The van der Waals surface area contributed by atoms with Crippen LogP contribution in [0.15, 0.2) is 121 Å². The van der Waals surface area contributed by atoms with Crippen molar-refractivity contribution in [1.29, 1.82) is 0 Å². The minimum absolute atomic E-state index is 0. The van der Waals surface area contributed by atoms with E-state index in [4.69, 9.17) is 69.8 Å². The summed E-state index contributed by atoms with van der Waals surface area (Å²) in [5.41, 5.74) is 43.7. The van der Waals surface area contributed by atoms with Crippen LogP contribution in [0.5, 0.6) is 0 Å². The Balaban J connectivity index is 0.000000663. The van der Waals surface area contributed by atoms with Crippen LogP contribution < -0.4 is 51.4 Å². The topological polar surface area (TPSA) is 158 Å². The molecule has 3 heterocycles. The van der Waals surface area contributed by atoms with Gasteiger partial charge in [0.25, 0.3) is 0 Å². The van der Waals surface area contributed by atoms with Crippen molar-refractivity contribution in [3.63, 3.8) is 0 Å². The molecule has 0 atom stereocenters. The largest absolute Gasteiger partial charge is 3.00 e. The van der Waals surface area contributed by atoms with E-state index < -0.39 is 0 Å². The van der Waals surface area contributed by atoms with Gasteiger partial charge in [-0.2, -0.15) is 0 Å². The second-order valence-corrected chi connectivity index (χ2v) is 39.6. The van der Waals surface area contributed by atoms with Gasteiger partial charge in [0, 0.05) is 26.4 Å². The van der Waals surface area contributed by atoms with Gasteiger partial charge >= 0.3 is 131 Å². The van der Waals surface area contributed by atoms with Gasteiger partial charge in [0.15, 0.2) is 0 Å². The summed E-state index contributed by atoms with van der Waals surface area (Å²) >= 11 is 0. The number of rotatable bonds is 21. The quantitative estimate of drug-likeness (QED) is 0.0508. The minimum Gasteiger partial charge on any atom is -0.681 e. The third kappa shape index (κ3) is 34.7. The van der Waals surface area contributed by atoms with Crippen molar-refractivity contribution in [2.45, 2.75) is 268 Å². The van der Waals surface area contributed by atoms with Crippen molar-refractivity contribution in [3.05, 3.63) is 310 Å². The van der Waals surface area contributed by atoms with Crippen molar-refractivity contribution in [2.75, 3.05) is 106 Å². The van der Waals surface area contributed by atoms with Crippen LogP contribution >= 0.6 is 0 Å². The van der Waals surface area contributed by atoms with Crippen LogP contribution in [0.4, 0.5) is 34.1 Å². The van der Waals surface area contributed by atoms with Crippen LogP contribution in [0.3, 0.4) is 0 Å². The first-order valence-corrected chi connectivity index (χ1v) is 47.5. The molecule has 0 bridgehead atoms. The molecule has 0 spiro atoms. The zero-order valence-corrected chi connectivity index (χ0v) is 93.7. The van der Waals surface area contributed by atoms with E-state index in [1.807, 2.05) is 0 Å². The SMILES string of the molecule is C1CCOC1.C1CCOC1.C1COCCOCCOCCOCCOCCO1.Cc1cc(C)c([N-]Cc2cc(C(C)(C)C)cc(C[N-]c3c(C)cc(C)cc3C)c2-c2[c-]c(-c3c(C[N-]c4c(C)cc(C)cc4C)cc(C(C)(C)C)cc3C[N-]c3c(C)cc(C)cc3C)cc(-c3c(C[N-]c4c(C)cc(C)cc4C)cc(C(C)(C)C)cc3C[N-]c3c(C)cc(C)cc3C)c2)c(C)c1.[Gd+3].[Gd+3].[K+]. The Labute approximate surface area is 909 Å². The van der Waals surface area contributed by atoms with Crippen molar-refractivity contribution >= 4 is 34.1 Å². The predicted molar refractivity (Wildman–Crippen MR) is 547 cm³/mol. The third-order valence-corrected chi connectivity index (χ3v) is 24.3. The first-order valence-electron chi connectivity index (χ1n) is 47.5. The molecule has 0 unspecified atom stereocenters. The Morgan fingerprint density at radius 1 is 0.218 bits per heavy atom. The molecule has 3 aliphatic rings. The number of ether oxygens (including phenoxy) is 8. The number of aryl methyl sites for hydroxylation is 18. The van der Waals surface area contributed by atoms with Crippen LogP contribution in [0.25, 0.3) is 65.3 Å². The molecule has 10 aromatic rings. The number of benzene rings is 10. The number of hydrogen-bond acceptors (Lipinski definition) is 8. The maximum absolute atomic E-state index is 5.71. The van der Waals surface area contributed by atoms with Crippen LogP contribution in [0.1, 0.15) is 238 Å². The van der Waals surface area contributed by atoms with E-state index in [0.29, 0.717) is 119 Å². The van der Waals surface area contributed by atoms with Gasteiger partial charge in [0.05, 0.1) is 79.3 Å². The van der Waals surface area contributed by atoms with Crippen molar-refractivity contribution in [3.8, 4) is 33.4 Å². The molecular formula is C116H153Gd2KN6O8. The van der Waals surface area contributed by atoms with E-state index in [1.54, 1.807) is 0 Å². The molecule has 712 valence electrons. The molecule has 0 aliphatic carbocycles. The standard InChI is InChI=1S/C96H113N6.C12H24O6.2C4H8O.2Gd.K/c1-55-28-61(7)88(62(8)29-55)97-49-76-43-82(94(19,20)21)44-77(50-98-89-63(9)30-56(2)31-64(89)10)85(76)73-40-74(86-78(51-99-90-65(11)32-57(3)33-66(90)12)45-83(95(22,23)24)46-79(86)52-100-91-67(13)34-58(4)35-68(91)14)42-75(41-73)87-80(53-101-92-69(15)36-59(5)37-70(92)16)47-84(96(25,26)27)48-81(87)54-102-93-71(17)38-60(6)39-72(93)18;1-2-14-5-6-16-9-10-18-12-11-17-8-7-15-4-3-13-1;2*1-2-4-5-3-1;;;/h28-41,43-48H,49-54H2,1-27H3;1-12H2;2*1-4H2;;;/q-7;;;;2*+3;+1. The summed E-state index contributed by atoms with van der Waals surface area (Å²) in [4.78, 5) is 0. The molecule has 10 aromatic carbocycles. The molecule has 133 heavy (non-hydrogen) atoms. The molecule has 13 rings (SSSR count). The van der Waals surface area contributed by atoms with E-state index in [-0.39, 0.29) is 148 Å². The van der Waals surface area contributed by atoms with E-state index in [1.165, 1.54) is 143 Å². The zero-order chi connectivity index (χ0) is 94.2. The number of nitrogens with zero attached hydrogens (tertiary/aromatic N) is 6. The molecule has 0 N–H and O–H groups in total. The molecule has 14 nitrogen and oxygen atoms in total. The molecule has 0 amide bonds. The molecule has 17 heteroatoms. The Morgan fingerprint density at radius 3 is 0.511 bits per heavy atom. The van der Waals surface area contributed by atoms with E-state index in [0.717, 1.165) is 127 Å². The predicted octanol–water partition coefficient (Wildman–Crippen LogP) is 27.9. The minimum atomic E-state index is -0.216. The van der Waals surface area contributed by atoms with Crippen molar-refractivity contribution in [1.82, 2.24) is 0 Å². The smallest absolute Gasteiger partial charge is 0.681 e. The van der Waals surface area contributed by atoms with E-state index in [9.17, 15) is 0 Å². The third-order valence-electron chi connectivity index (χ3n) is 24.3. The first kappa shape index (κ1) is 115. The van der Waals surface area contributed by atoms with Gasteiger partial charge in [0.2, 0.25) is 0 Å². The summed E-state index contributed by atoms with van der Waals surface area (Å²) in [5, 5.41) is 34.2. The van der Waals surface area contributed by atoms with E-state index >= 15 is 0 Å². The summed E-state index contributed by atoms with van der Waals surface area (Å²) in [5.74, 6) is 0. The summed E-state index contributed by atoms with van der Waals surface area (Å²) in [7, 11) is 0. The average molecular weight is 2110 g/mol. The fraction of sp³-hybridized carbons (Fsp3) is 0.483. The molecular weight excluding hydrogens is 1960 g/mol. The maximum Gasteiger partial charge on any atom is 3.00 e. The van der Waals surface area contributed by atoms with Gasteiger partial charge in [-0.1, -0.05) is 322 Å². The van der Waals surface area contributed by atoms with Gasteiger partial charge in [-0.15, -0.1) is 103 Å².